The third-order valence-electron chi connectivity index (χ3n) is 4.26. The van der Waals surface area contributed by atoms with E-state index in [1.54, 1.807) is 0 Å². The number of halogens is 1. The average molecular weight is 326 g/mol. The van der Waals surface area contributed by atoms with Crippen LogP contribution in [0, 0.1) is 16.0 Å². The standard InChI is InChI=1S/C15H20ClN3O3/c1-15(17)7-3-2-4-12(15)14(20)18-9-10-8-11(19(21)22)5-6-13(10)16/h5-6,8,12H,2-4,7,9,17H2,1H3,(H,18,20). The predicted molar refractivity (Wildman–Crippen MR) is 84.5 cm³/mol. The van der Waals surface area contributed by atoms with Crippen LogP contribution in [0.25, 0.3) is 0 Å². The molecule has 1 saturated carbocycles. The lowest BCUT2D eigenvalue weighted by Crippen LogP contribution is -2.52. The van der Waals surface area contributed by atoms with Crippen molar-refractivity contribution in [1.29, 1.82) is 0 Å². The maximum Gasteiger partial charge on any atom is 0.269 e. The van der Waals surface area contributed by atoms with E-state index in [0.29, 0.717) is 10.6 Å². The Morgan fingerprint density at radius 3 is 2.91 bits per heavy atom. The first kappa shape index (κ1) is 16.7. The summed E-state index contributed by atoms with van der Waals surface area (Å²) >= 11 is 6.03. The number of carbonyl (C=O) groups is 1. The Labute approximate surface area is 134 Å². The van der Waals surface area contributed by atoms with E-state index in [4.69, 9.17) is 17.3 Å². The van der Waals surface area contributed by atoms with Gasteiger partial charge in [-0.05, 0) is 31.4 Å². The Kier molecular flexibility index (Phi) is 5.03. The first-order chi connectivity index (χ1) is 10.3. The number of benzene rings is 1. The van der Waals surface area contributed by atoms with Crippen LogP contribution >= 0.6 is 11.6 Å². The Morgan fingerprint density at radius 2 is 2.27 bits per heavy atom. The van der Waals surface area contributed by atoms with Gasteiger partial charge in [0.05, 0.1) is 10.8 Å². The summed E-state index contributed by atoms with van der Waals surface area (Å²) in [6, 6.07) is 4.19. The molecule has 1 aliphatic rings. The second-order valence-electron chi connectivity index (χ2n) is 6.05. The van der Waals surface area contributed by atoms with Gasteiger partial charge < -0.3 is 11.1 Å². The van der Waals surface area contributed by atoms with E-state index in [1.807, 2.05) is 6.92 Å². The van der Waals surface area contributed by atoms with Gasteiger partial charge in [0.2, 0.25) is 5.91 Å². The molecule has 1 amide bonds. The fourth-order valence-electron chi connectivity index (χ4n) is 2.90. The number of non-ortho nitro benzene ring substituents is 1. The van der Waals surface area contributed by atoms with Gasteiger partial charge in [-0.25, -0.2) is 0 Å². The highest BCUT2D eigenvalue weighted by Gasteiger charge is 2.37. The third kappa shape index (κ3) is 3.75. The smallest absolute Gasteiger partial charge is 0.269 e. The lowest BCUT2D eigenvalue weighted by Gasteiger charge is -2.37. The molecule has 2 atom stereocenters. The zero-order valence-electron chi connectivity index (χ0n) is 12.5. The lowest BCUT2D eigenvalue weighted by atomic mass is 9.74. The van der Waals surface area contributed by atoms with Crippen LogP contribution in [0.15, 0.2) is 18.2 Å². The Morgan fingerprint density at radius 1 is 1.55 bits per heavy atom. The van der Waals surface area contributed by atoms with E-state index in [1.165, 1.54) is 18.2 Å². The molecule has 6 nitrogen and oxygen atoms in total. The van der Waals surface area contributed by atoms with Crippen LogP contribution in [-0.4, -0.2) is 16.4 Å². The van der Waals surface area contributed by atoms with Crippen molar-refractivity contribution in [2.75, 3.05) is 0 Å². The van der Waals surface area contributed by atoms with Gasteiger partial charge in [0.15, 0.2) is 0 Å². The zero-order chi connectivity index (χ0) is 16.3. The van der Waals surface area contributed by atoms with Crippen LogP contribution in [0.5, 0.6) is 0 Å². The van der Waals surface area contributed by atoms with E-state index >= 15 is 0 Å². The van der Waals surface area contributed by atoms with Crippen LogP contribution in [0.4, 0.5) is 5.69 Å². The SMILES string of the molecule is CC1(N)CCCCC1C(=O)NCc1cc([N+](=O)[O-])ccc1Cl. The van der Waals surface area contributed by atoms with Gasteiger partial charge in [-0.15, -0.1) is 0 Å². The van der Waals surface area contributed by atoms with Gasteiger partial charge >= 0.3 is 0 Å². The predicted octanol–water partition coefficient (Wildman–Crippen LogP) is 2.77. The van der Waals surface area contributed by atoms with Gasteiger partial charge in [-0.1, -0.05) is 24.4 Å². The average Bonchev–Trinajstić information content (AvgIpc) is 2.45. The van der Waals surface area contributed by atoms with Gasteiger partial charge in [0, 0.05) is 29.2 Å². The number of hydrogen-bond donors (Lipinski definition) is 2. The largest absolute Gasteiger partial charge is 0.352 e. The number of nitrogens with one attached hydrogen (secondary N) is 1. The van der Waals surface area contributed by atoms with E-state index in [9.17, 15) is 14.9 Å². The van der Waals surface area contributed by atoms with E-state index in [-0.39, 0.29) is 24.1 Å². The van der Waals surface area contributed by atoms with Crippen molar-refractivity contribution >= 4 is 23.2 Å². The molecule has 7 heteroatoms. The summed E-state index contributed by atoms with van der Waals surface area (Å²) in [5.74, 6) is -0.356. The third-order valence-corrected chi connectivity index (χ3v) is 4.63. The number of nitro benzene ring substituents is 1. The maximum atomic E-state index is 12.3. The molecule has 1 aliphatic carbocycles. The molecule has 0 radical (unpaired) electrons. The number of nitro groups is 1. The molecule has 120 valence electrons. The molecule has 2 unspecified atom stereocenters. The molecule has 0 aliphatic heterocycles. The highest BCUT2D eigenvalue weighted by Crippen LogP contribution is 2.32. The summed E-state index contributed by atoms with van der Waals surface area (Å²) in [5, 5.41) is 14.0. The summed E-state index contributed by atoms with van der Waals surface area (Å²) in [7, 11) is 0. The number of hydrogen-bond acceptors (Lipinski definition) is 4. The minimum Gasteiger partial charge on any atom is -0.352 e. The molecule has 0 spiro atoms. The number of amides is 1. The summed E-state index contributed by atoms with van der Waals surface area (Å²) in [4.78, 5) is 22.7. The van der Waals surface area contributed by atoms with E-state index in [2.05, 4.69) is 5.32 Å². The van der Waals surface area contributed by atoms with Crippen molar-refractivity contribution in [3.63, 3.8) is 0 Å². The molecule has 1 aromatic rings. The number of carbonyl (C=O) groups excluding carboxylic acids is 1. The van der Waals surface area contributed by atoms with E-state index < -0.39 is 10.5 Å². The topological polar surface area (TPSA) is 98.3 Å². The normalized spacial score (nSPS) is 24.8. The molecular weight excluding hydrogens is 306 g/mol. The van der Waals surface area contributed by atoms with Crippen LogP contribution in [0.2, 0.25) is 5.02 Å². The van der Waals surface area contributed by atoms with Crippen LogP contribution in [-0.2, 0) is 11.3 Å². The van der Waals surface area contributed by atoms with Crippen molar-refractivity contribution in [3.05, 3.63) is 38.9 Å². The second kappa shape index (κ2) is 6.62. The van der Waals surface area contributed by atoms with Crippen molar-refractivity contribution in [1.82, 2.24) is 5.32 Å². The molecule has 1 aromatic carbocycles. The number of rotatable bonds is 4. The van der Waals surface area contributed by atoms with E-state index in [0.717, 1.165) is 25.7 Å². The summed E-state index contributed by atoms with van der Waals surface area (Å²) in [5.41, 5.74) is 6.18. The molecule has 2 rings (SSSR count). The molecule has 0 heterocycles. The first-order valence-corrected chi connectivity index (χ1v) is 7.68. The molecule has 1 fully saturated rings. The fraction of sp³-hybridized carbons (Fsp3) is 0.533. The number of nitrogens with two attached hydrogens (primary N) is 1. The van der Waals surface area contributed by atoms with Crippen LogP contribution in [0.3, 0.4) is 0 Å². The molecular formula is C15H20ClN3O3. The van der Waals surface area contributed by atoms with Crippen LogP contribution < -0.4 is 11.1 Å². The summed E-state index contributed by atoms with van der Waals surface area (Å²) in [6.07, 6.45) is 3.61. The van der Waals surface area contributed by atoms with Crippen molar-refractivity contribution in [2.45, 2.75) is 44.7 Å². The lowest BCUT2D eigenvalue weighted by molar-refractivity contribution is -0.384. The number of nitrogens with zero attached hydrogens (tertiary/aromatic N) is 1. The van der Waals surface area contributed by atoms with Gasteiger partial charge in [-0.2, -0.15) is 0 Å². The fourth-order valence-corrected chi connectivity index (χ4v) is 3.09. The first-order valence-electron chi connectivity index (χ1n) is 7.30. The molecule has 0 bridgehead atoms. The van der Waals surface area contributed by atoms with Crippen LogP contribution in [0.1, 0.15) is 38.2 Å². The zero-order valence-corrected chi connectivity index (χ0v) is 13.2. The molecule has 3 N–H and O–H groups in total. The maximum absolute atomic E-state index is 12.3. The highest BCUT2D eigenvalue weighted by molar-refractivity contribution is 6.31. The minimum atomic E-state index is -0.505. The Balaban J connectivity index is 2.05. The molecule has 0 saturated heterocycles. The second-order valence-corrected chi connectivity index (χ2v) is 6.46. The van der Waals surface area contributed by atoms with Crippen molar-refractivity contribution in [3.8, 4) is 0 Å². The van der Waals surface area contributed by atoms with Gasteiger partial charge in [0.1, 0.15) is 0 Å². The molecule has 0 aromatic heterocycles. The van der Waals surface area contributed by atoms with Gasteiger partial charge in [0.25, 0.3) is 5.69 Å². The molecule has 22 heavy (non-hydrogen) atoms. The van der Waals surface area contributed by atoms with Crippen molar-refractivity contribution < 1.29 is 9.72 Å². The summed E-state index contributed by atoms with van der Waals surface area (Å²) in [6.45, 7) is 2.06. The van der Waals surface area contributed by atoms with Crippen molar-refractivity contribution in [2.24, 2.45) is 11.7 Å². The monoisotopic (exact) mass is 325 g/mol. The Hall–Kier alpha value is -1.66. The quantitative estimate of drug-likeness (QED) is 0.656. The minimum absolute atomic E-state index is 0.0463. The van der Waals surface area contributed by atoms with Gasteiger partial charge in [-0.3, -0.25) is 14.9 Å². The highest BCUT2D eigenvalue weighted by atomic mass is 35.5. The Bertz CT molecular complexity index is 589. The summed E-state index contributed by atoms with van der Waals surface area (Å²) < 4.78 is 0.